The van der Waals surface area contributed by atoms with E-state index >= 15 is 0 Å². The quantitative estimate of drug-likeness (QED) is 0.671. The highest BCUT2D eigenvalue weighted by atomic mass is 32.2. The predicted octanol–water partition coefficient (Wildman–Crippen LogP) is 0.323. The van der Waals surface area contributed by atoms with Crippen LogP contribution in [0.15, 0.2) is 23.2 Å². The van der Waals surface area contributed by atoms with E-state index in [0.29, 0.717) is 18.7 Å². The number of sulfonamides is 1. The number of aliphatic hydroxyl groups excluding tert-OH is 1. The molecule has 0 aliphatic heterocycles. The lowest BCUT2D eigenvalue weighted by Gasteiger charge is -2.16. The average molecular weight is 287 g/mol. The maximum absolute atomic E-state index is 12.2. The zero-order valence-electron chi connectivity index (χ0n) is 11.1. The molecule has 1 heterocycles. The topological polar surface area (TPSA) is 96.5 Å². The van der Waals surface area contributed by atoms with E-state index in [2.05, 4.69) is 4.98 Å². The van der Waals surface area contributed by atoms with Crippen molar-refractivity contribution in [2.75, 3.05) is 20.2 Å². The largest absolute Gasteiger partial charge is 0.396 e. The Kier molecular flexibility index (Phi) is 6.36. The zero-order chi connectivity index (χ0) is 14.3. The number of aromatic nitrogens is 1. The second kappa shape index (κ2) is 7.54. The molecule has 1 aromatic heterocycles. The van der Waals surface area contributed by atoms with Gasteiger partial charge in [0.1, 0.15) is 4.90 Å². The minimum atomic E-state index is -3.48. The summed E-state index contributed by atoms with van der Waals surface area (Å²) in [6.45, 7) is 0.860. The van der Waals surface area contributed by atoms with Gasteiger partial charge in [0.25, 0.3) is 0 Å². The van der Waals surface area contributed by atoms with Crippen LogP contribution >= 0.6 is 0 Å². The Bertz CT molecular complexity index is 473. The van der Waals surface area contributed by atoms with Gasteiger partial charge in [-0.05, 0) is 31.4 Å². The van der Waals surface area contributed by atoms with Crippen molar-refractivity contribution in [1.29, 1.82) is 0 Å². The maximum Gasteiger partial charge on any atom is 0.244 e. The molecule has 0 fully saturated rings. The third kappa shape index (κ3) is 4.54. The van der Waals surface area contributed by atoms with Crippen LogP contribution in [0.3, 0.4) is 0 Å². The average Bonchev–Trinajstić information content (AvgIpc) is 2.43. The Hall–Kier alpha value is -1.02. The second-order valence-corrected chi connectivity index (χ2v) is 6.35. The third-order valence-corrected chi connectivity index (χ3v) is 4.69. The molecule has 108 valence electrons. The molecule has 0 aliphatic rings. The number of hydrogen-bond donors (Lipinski definition) is 2. The lowest BCUT2D eigenvalue weighted by molar-refractivity contribution is 0.281. The minimum absolute atomic E-state index is 0.140. The molecule has 0 radical (unpaired) electrons. The van der Waals surface area contributed by atoms with E-state index in [4.69, 9.17) is 10.8 Å². The van der Waals surface area contributed by atoms with Crippen LogP contribution in [0.4, 0.5) is 0 Å². The molecule has 1 aromatic rings. The number of nitrogens with zero attached hydrogens (tertiary/aromatic N) is 2. The van der Waals surface area contributed by atoms with Crippen LogP contribution in [0.2, 0.25) is 0 Å². The van der Waals surface area contributed by atoms with Crippen LogP contribution in [-0.2, 0) is 16.6 Å². The number of nitrogens with two attached hydrogens (primary N) is 1. The summed E-state index contributed by atoms with van der Waals surface area (Å²) in [5.74, 6) is 0. The Balaban J connectivity index is 2.67. The molecule has 19 heavy (non-hydrogen) atoms. The number of aliphatic hydroxyl groups is 1. The van der Waals surface area contributed by atoms with Crippen molar-refractivity contribution in [3.8, 4) is 0 Å². The number of rotatable bonds is 8. The van der Waals surface area contributed by atoms with Crippen molar-refractivity contribution >= 4 is 10.0 Å². The molecule has 0 atom stereocenters. The second-order valence-electron chi connectivity index (χ2n) is 4.30. The van der Waals surface area contributed by atoms with Gasteiger partial charge in [0, 0.05) is 32.9 Å². The summed E-state index contributed by atoms with van der Waals surface area (Å²) in [6.07, 6.45) is 3.56. The first-order valence-corrected chi connectivity index (χ1v) is 7.68. The maximum atomic E-state index is 12.2. The summed E-state index contributed by atoms with van der Waals surface area (Å²) in [5.41, 5.74) is 6.08. The summed E-state index contributed by atoms with van der Waals surface area (Å²) in [5, 5.41) is 8.67. The van der Waals surface area contributed by atoms with E-state index < -0.39 is 10.0 Å². The Labute approximate surface area is 114 Å². The lowest BCUT2D eigenvalue weighted by Crippen LogP contribution is -2.28. The van der Waals surface area contributed by atoms with E-state index in [0.717, 1.165) is 12.8 Å². The van der Waals surface area contributed by atoms with Gasteiger partial charge in [-0.3, -0.25) is 4.98 Å². The molecule has 0 aliphatic carbocycles. The van der Waals surface area contributed by atoms with Crippen molar-refractivity contribution in [2.24, 2.45) is 5.73 Å². The molecule has 1 rings (SSSR count). The Morgan fingerprint density at radius 2 is 2.05 bits per heavy atom. The smallest absolute Gasteiger partial charge is 0.244 e. The van der Waals surface area contributed by atoms with Gasteiger partial charge < -0.3 is 10.8 Å². The van der Waals surface area contributed by atoms with E-state index in [-0.39, 0.29) is 18.0 Å². The van der Waals surface area contributed by atoms with Crippen LogP contribution in [0.5, 0.6) is 0 Å². The van der Waals surface area contributed by atoms with Gasteiger partial charge in [-0.2, -0.15) is 0 Å². The van der Waals surface area contributed by atoms with Gasteiger partial charge in [0.2, 0.25) is 10.0 Å². The lowest BCUT2D eigenvalue weighted by atomic mass is 10.2. The third-order valence-electron chi connectivity index (χ3n) is 2.85. The molecule has 0 aromatic carbocycles. The van der Waals surface area contributed by atoms with E-state index in [1.54, 1.807) is 13.1 Å². The van der Waals surface area contributed by atoms with Gasteiger partial charge in [-0.15, -0.1) is 0 Å². The van der Waals surface area contributed by atoms with Gasteiger partial charge in [-0.1, -0.05) is 0 Å². The fourth-order valence-corrected chi connectivity index (χ4v) is 2.76. The molecule has 0 saturated carbocycles. The fraction of sp³-hybridized carbons (Fsp3) is 0.583. The van der Waals surface area contributed by atoms with Crippen LogP contribution in [0.1, 0.15) is 25.0 Å². The first-order chi connectivity index (χ1) is 9.02. The number of pyridine rings is 1. The van der Waals surface area contributed by atoms with Crippen LogP contribution < -0.4 is 5.73 Å². The highest BCUT2D eigenvalue weighted by Crippen LogP contribution is 2.14. The Morgan fingerprint density at radius 1 is 1.32 bits per heavy atom. The van der Waals surface area contributed by atoms with E-state index in [1.807, 2.05) is 0 Å². The molecular formula is C12H21N3O3S. The first-order valence-electron chi connectivity index (χ1n) is 6.24. The first kappa shape index (κ1) is 16.0. The normalized spacial score (nSPS) is 12.0. The highest BCUT2D eigenvalue weighted by Gasteiger charge is 2.20. The molecule has 7 heteroatoms. The SMILES string of the molecule is CN(CCCCCO)S(=O)(=O)c1ccc(CN)nc1. The molecule has 0 saturated heterocycles. The molecule has 0 bridgehead atoms. The van der Waals surface area contributed by atoms with Crippen LogP contribution in [0.25, 0.3) is 0 Å². The molecular weight excluding hydrogens is 266 g/mol. The standard InChI is InChI=1S/C12H21N3O3S/c1-15(7-3-2-4-8-16)19(17,18)12-6-5-11(9-13)14-10-12/h5-6,10,16H,2-4,7-9,13H2,1H3. The molecule has 6 nitrogen and oxygen atoms in total. The Morgan fingerprint density at radius 3 is 2.58 bits per heavy atom. The van der Waals surface area contributed by atoms with Crippen molar-refractivity contribution in [2.45, 2.75) is 30.7 Å². The predicted molar refractivity (Wildman–Crippen MR) is 72.9 cm³/mol. The molecule has 0 amide bonds. The van der Waals surface area contributed by atoms with Gasteiger partial charge in [0.15, 0.2) is 0 Å². The fourth-order valence-electron chi connectivity index (χ4n) is 1.61. The molecule has 3 N–H and O–H groups in total. The molecule has 0 unspecified atom stereocenters. The summed E-state index contributed by atoms with van der Waals surface area (Å²) in [4.78, 5) is 4.17. The molecule has 0 spiro atoms. The summed E-state index contributed by atoms with van der Waals surface area (Å²) in [6, 6.07) is 3.14. The number of hydrogen-bond acceptors (Lipinski definition) is 5. The van der Waals surface area contributed by atoms with E-state index in [9.17, 15) is 8.42 Å². The van der Waals surface area contributed by atoms with Crippen molar-refractivity contribution in [3.63, 3.8) is 0 Å². The zero-order valence-corrected chi connectivity index (χ0v) is 11.9. The van der Waals surface area contributed by atoms with Crippen LogP contribution in [-0.4, -0.2) is 43.0 Å². The summed E-state index contributed by atoms with van der Waals surface area (Å²) < 4.78 is 25.7. The minimum Gasteiger partial charge on any atom is -0.396 e. The van der Waals surface area contributed by atoms with Crippen molar-refractivity contribution < 1.29 is 13.5 Å². The van der Waals surface area contributed by atoms with Crippen molar-refractivity contribution in [1.82, 2.24) is 9.29 Å². The summed E-state index contributed by atoms with van der Waals surface area (Å²) in [7, 11) is -1.94. The van der Waals surface area contributed by atoms with Crippen molar-refractivity contribution in [3.05, 3.63) is 24.0 Å². The monoisotopic (exact) mass is 287 g/mol. The van der Waals surface area contributed by atoms with Gasteiger partial charge >= 0.3 is 0 Å². The van der Waals surface area contributed by atoms with Crippen LogP contribution in [0, 0.1) is 0 Å². The van der Waals surface area contributed by atoms with Gasteiger partial charge in [0.05, 0.1) is 5.69 Å². The van der Waals surface area contributed by atoms with Gasteiger partial charge in [-0.25, -0.2) is 12.7 Å². The van der Waals surface area contributed by atoms with E-state index in [1.165, 1.54) is 16.6 Å². The number of unbranched alkanes of at least 4 members (excludes halogenated alkanes) is 2. The highest BCUT2D eigenvalue weighted by molar-refractivity contribution is 7.89. The summed E-state index contributed by atoms with van der Waals surface area (Å²) >= 11 is 0.